The van der Waals surface area contributed by atoms with E-state index in [1.54, 1.807) is 31.5 Å². The number of aromatic nitrogens is 3. The fraction of sp³-hybridized carbons (Fsp3) is 0.154. The molecular weight excluding hydrogens is 262 g/mol. The first-order valence-electron chi connectivity index (χ1n) is 5.91. The predicted molar refractivity (Wildman–Crippen MR) is 69.0 cm³/mol. The Hall–Kier alpha value is -2.83. The van der Waals surface area contributed by atoms with Gasteiger partial charge >= 0.3 is 5.97 Å². The van der Waals surface area contributed by atoms with Crippen molar-refractivity contribution in [2.24, 2.45) is 0 Å². The van der Waals surface area contributed by atoms with Crippen molar-refractivity contribution >= 4 is 11.5 Å². The minimum atomic E-state index is -1.15. The largest absolute Gasteiger partial charge is 0.475 e. The van der Waals surface area contributed by atoms with Crippen molar-refractivity contribution in [2.75, 3.05) is 0 Å². The summed E-state index contributed by atoms with van der Waals surface area (Å²) in [6.45, 7) is 1.94. The van der Waals surface area contributed by atoms with Crippen LogP contribution >= 0.6 is 0 Å². The van der Waals surface area contributed by atoms with Crippen molar-refractivity contribution in [2.45, 2.75) is 13.5 Å². The lowest BCUT2D eigenvalue weighted by molar-refractivity contribution is 0.0660. The van der Waals surface area contributed by atoms with Gasteiger partial charge in [0.25, 0.3) is 5.56 Å². The summed E-state index contributed by atoms with van der Waals surface area (Å²) in [6.07, 6.45) is 4.52. The van der Waals surface area contributed by atoms with E-state index in [0.29, 0.717) is 11.1 Å². The Kier molecular flexibility index (Phi) is 2.67. The van der Waals surface area contributed by atoms with E-state index < -0.39 is 5.97 Å². The number of furan rings is 1. The highest BCUT2D eigenvalue weighted by atomic mass is 16.4. The van der Waals surface area contributed by atoms with E-state index in [0.717, 1.165) is 5.69 Å². The lowest BCUT2D eigenvalue weighted by Crippen LogP contribution is -2.22. The van der Waals surface area contributed by atoms with Gasteiger partial charge in [-0.3, -0.25) is 4.79 Å². The molecule has 0 fully saturated rings. The van der Waals surface area contributed by atoms with Crippen LogP contribution < -0.4 is 5.56 Å². The van der Waals surface area contributed by atoms with Gasteiger partial charge in [0.05, 0.1) is 18.5 Å². The molecule has 102 valence electrons. The molecule has 0 unspecified atom stereocenters. The number of rotatable bonds is 3. The van der Waals surface area contributed by atoms with Gasteiger partial charge in [0.1, 0.15) is 5.52 Å². The zero-order valence-electron chi connectivity index (χ0n) is 10.6. The van der Waals surface area contributed by atoms with Crippen LogP contribution in [0.5, 0.6) is 0 Å². The minimum absolute atomic E-state index is 0.137. The number of carboxylic acid groups (broad SMARTS) is 1. The molecule has 20 heavy (non-hydrogen) atoms. The van der Waals surface area contributed by atoms with Gasteiger partial charge in [-0.15, -0.1) is 0 Å². The smallest absolute Gasteiger partial charge is 0.372 e. The number of hydrogen-bond acceptors (Lipinski definition) is 4. The quantitative estimate of drug-likeness (QED) is 0.773. The summed E-state index contributed by atoms with van der Waals surface area (Å²) in [7, 11) is 0. The Balaban J connectivity index is 2.07. The Morgan fingerprint density at radius 1 is 1.45 bits per heavy atom. The maximum absolute atomic E-state index is 12.3. The van der Waals surface area contributed by atoms with Gasteiger partial charge in [-0.25, -0.2) is 9.31 Å². The third-order valence-electron chi connectivity index (χ3n) is 3.01. The molecule has 1 N–H and O–H groups in total. The normalized spacial score (nSPS) is 11.1. The molecule has 0 amide bonds. The minimum Gasteiger partial charge on any atom is -0.475 e. The molecule has 3 rings (SSSR count). The van der Waals surface area contributed by atoms with Gasteiger partial charge in [0, 0.05) is 18.0 Å². The van der Waals surface area contributed by atoms with Crippen molar-refractivity contribution in [1.82, 2.24) is 14.2 Å². The van der Waals surface area contributed by atoms with E-state index in [-0.39, 0.29) is 17.9 Å². The Bertz CT molecular complexity index is 856. The molecule has 3 heterocycles. The predicted octanol–water partition coefficient (Wildman–Crippen LogP) is 1.14. The van der Waals surface area contributed by atoms with E-state index in [9.17, 15) is 9.59 Å². The first-order valence-corrected chi connectivity index (χ1v) is 5.91. The maximum atomic E-state index is 12.3. The lowest BCUT2D eigenvalue weighted by Gasteiger charge is -2.05. The topological polar surface area (TPSA) is 89.7 Å². The van der Waals surface area contributed by atoms with Crippen LogP contribution in [0.25, 0.3) is 5.52 Å². The number of carbonyl (C=O) groups is 1. The Morgan fingerprint density at radius 3 is 3.00 bits per heavy atom. The fourth-order valence-corrected chi connectivity index (χ4v) is 2.10. The number of nitrogens with zero attached hydrogens (tertiary/aromatic N) is 3. The van der Waals surface area contributed by atoms with Gasteiger partial charge in [0.2, 0.25) is 5.76 Å². The van der Waals surface area contributed by atoms with Crippen LogP contribution in [0.2, 0.25) is 0 Å². The summed E-state index contributed by atoms with van der Waals surface area (Å²) in [6, 6.07) is 3.23. The molecule has 0 aliphatic heterocycles. The van der Waals surface area contributed by atoms with Crippen LogP contribution in [0.4, 0.5) is 0 Å². The highest BCUT2D eigenvalue weighted by molar-refractivity contribution is 5.86. The molecule has 0 spiro atoms. The number of aryl methyl sites for hydroxylation is 1. The van der Waals surface area contributed by atoms with Crippen LogP contribution in [0.15, 0.2) is 40.0 Å². The third-order valence-corrected chi connectivity index (χ3v) is 3.01. The first kappa shape index (κ1) is 12.2. The third kappa shape index (κ3) is 1.89. The molecule has 7 nitrogen and oxygen atoms in total. The molecule has 0 saturated carbocycles. The molecular formula is C13H11N3O4. The van der Waals surface area contributed by atoms with Crippen molar-refractivity contribution in [3.63, 3.8) is 0 Å². The van der Waals surface area contributed by atoms with Gasteiger partial charge < -0.3 is 14.1 Å². The van der Waals surface area contributed by atoms with E-state index in [4.69, 9.17) is 9.52 Å². The van der Waals surface area contributed by atoms with Crippen LogP contribution in [0.1, 0.15) is 21.8 Å². The lowest BCUT2D eigenvalue weighted by atomic mass is 10.2. The number of fused-ring (bicyclic) bond motifs is 1. The second-order valence-corrected chi connectivity index (χ2v) is 4.43. The van der Waals surface area contributed by atoms with Gasteiger partial charge in [-0.05, 0) is 19.1 Å². The molecule has 7 heteroatoms. The summed E-state index contributed by atoms with van der Waals surface area (Å²) >= 11 is 0. The summed E-state index contributed by atoms with van der Waals surface area (Å²) < 4.78 is 7.82. The van der Waals surface area contributed by atoms with E-state index in [2.05, 4.69) is 5.10 Å². The highest BCUT2D eigenvalue weighted by Gasteiger charge is 2.15. The summed E-state index contributed by atoms with van der Waals surface area (Å²) in [5.74, 6) is -1.30. The zero-order chi connectivity index (χ0) is 14.3. The molecule has 0 radical (unpaired) electrons. The van der Waals surface area contributed by atoms with Crippen LogP contribution in [-0.4, -0.2) is 25.3 Å². The van der Waals surface area contributed by atoms with Crippen molar-refractivity contribution in [1.29, 1.82) is 0 Å². The maximum Gasteiger partial charge on any atom is 0.372 e. The number of hydrogen-bond donors (Lipinski definition) is 1. The van der Waals surface area contributed by atoms with Gasteiger partial charge in [0.15, 0.2) is 0 Å². The average Bonchev–Trinajstić information content (AvgIpc) is 2.99. The standard InChI is InChI=1S/C13H11N3O4/c1-8-6-10-12(17)15(3-4-16(10)14-8)7-9-2-5-20-11(9)13(18)19/h2-6H,7H2,1H3,(H,18,19). The SMILES string of the molecule is Cc1cc2c(=O)n(Cc3ccoc3C(=O)O)ccn2n1. The molecule has 0 aliphatic carbocycles. The van der Waals surface area contributed by atoms with Gasteiger partial charge in [-0.1, -0.05) is 0 Å². The van der Waals surface area contributed by atoms with E-state index in [1.807, 2.05) is 0 Å². The Labute approximate surface area is 112 Å². The average molecular weight is 273 g/mol. The molecule has 3 aromatic heterocycles. The number of aromatic carboxylic acids is 1. The molecule has 0 aromatic carbocycles. The van der Waals surface area contributed by atoms with Crippen molar-refractivity contribution in [3.05, 3.63) is 58.2 Å². The second kappa shape index (κ2) is 4.37. The van der Waals surface area contributed by atoms with Gasteiger partial charge in [-0.2, -0.15) is 5.10 Å². The number of carboxylic acids is 1. The highest BCUT2D eigenvalue weighted by Crippen LogP contribution is 2.12. The summed E-state index contributed by atoms with van der Waals surface area (Å²) in [5.41, 5.74) is 1.41. The molecule has 0 bridgehead atoms. The second-order valence-electron chi connectivity index (χ2n) is 4.43. The molecule has 0 atom stereocenters. The van der Waals surface area contributed by atoms with Crippen LogP contribution in [0.3, 0.4) is 0 Å². The van der Waals surface area contributed by atoms with Crippen LogP contribution in [-0.2, 0) is 6.54 Å². The van der Waals surface area contributed by atoms with Crippen LogP contribution in [0, 0.1) is 6.92 Å². The summed E-state index contributed by atoms with van der Waals surface area (Å²) in [5, 5.41) is 13.1. The molecule has 0 aliphatic rings. The van der Waals surface area contributed by atoms with E-state index in [1.165, 1.54) is 15.3 Å². The van der Waals surface area contributed by atoms with E-state index >= 15 is 0 Å². The molecule has 0 saturated heterocycles. The first-order chi connectivity index (χ1) is 9.56. The molecule has 3 aromatic rings. The Morgan fingerprint density at radius 2 is 2.25 bits per heavy atom. The summed E-state index contributed by atoms with van der Waals surface area (Å²) in [4.78, 5) is 23.3. The monoisotopic (exact) mass is 273 g/mol. The fourth-order valence-electron chi connectivity index (χ4n) is 2.10. The van der Waals surface area contributed by atoms with Crippen molar-refractivity contribution < 1.29 is 14.3 Å². The van der Waals surface area contributed by atoms with Crippen molar-refractivity contribution in [3.8, 4) is 0 Å². The zero-order valence-corrected chi connectivity index (χ0v) is 10.6.